The molecule has 1 saturated carbocycles. The Morgan fingerprint density at radius 2 is 1.83 bits per heavy atom. The zero-order valence-electron chi connectivity index (χ0n) is 11.0. The maximum Gasteiger partial charge on any atom is 0.309 e. The van der Waals surface area contributed by atoms with E-state index in [4.69, 9.17) is 9.84 Å². The van der Waals surface area contributed by atoms with Gasteiger partial charge in [-0.15, -0.1) is 0 Å². The number of aliphatic carboxylic acids is 1. The number of hydrogen-bond donors (Lipinski definition) is 1. The van der Waals surface area contributed by atoms with E-state index in [0.29, 0.717) is 12.8 Å². The van der Waals surface area contributed by atoms with Crippen LogP contribution in [0.4, 0.5) is 0 Å². The standard InChI is InChI=1S/C13H22O5/c1-13(2,7-14)8-18-12(17)10-6-4-3-5-9(10)11(15)16/h9-10,14H,3-8H2,1-2H3,(H,15,16)/p-1. The van der Waals surface area contributed by atoms with Gasteiger partial charge in [-0.2, -0.15) is 0 Å². The van der Waals surface area contributed by atoms with Gasteiger partial charge in [-0.1, -0.05) is 26.7 Å². The van der Waals surface area contributed by atoms with Crippen molar-refractivity contribution in [2.45, 2.75) is 39.5 Å². The number of esters is 1. The number of aliphatic hydroxyl groups is 1. The number of carboxylic acids is 1. The second kappa shape index (κ2) is 6.18. The third kappa shape index (κ3) is 3.98. The Morgan fingerprint density at radius 3 is 2.33 bits per heavy atom. The second-order valence-electron chi connectivity index (χ2n) is 5.75. The molecule has 1 N–H and O–H groups in total. The van der Waals surface area contributed by atoms with E-state index in [0.717, 1.165) is 12.8 Å². The molecule has 0 amide bonds. The molecule has 104 valence electrons. The maximum atomic E-state index is 11.9. The van der Waals surface area contributed by atoms with Crippen molar-refractivity contribution in [3.63, 3.8) is 0 Å². The van der Waals surface area contributed by atoms with Gasteiger partial charge in [0.05, 0.1) is 19.1 Å². The molecule has 0 spiro atoms. The summed E-state index contributed by atoms with van der Waals surface area (Å²) >= 11 is 0. The topological polar surface area (TPSA) is 86.7 Å². The van der Waals surface area contributed by atoms with E-state index in [9.17, 15) is 14.7 Å². The zero-order valence-corrected chi connectivity index (χ0v) is 11.0. The number of aliphatic hydroxyl groups excluding tert-OH is 1. The molecule has 1 rings (SSSR count). The lowest BCUT2D eigenvalue weighted by Crippen LogP contribution is -2.42. The summed E-state index contributed by atoms with van der Waals surface area (Å²) in [7, 11) is 0. The Labute approximate surface area is 107 Å². The van der Waals surface area contributed by atoms with Crippen LogP contribution in [-0.4, -0.2) is 30.3 Å². The molecule has 18 heavy (non-hydrogen) atoms. The van der Waals surface area contributed by atoms with Gasteiger partial charge in [0, 0.05) is 17.3 Å². The van der Waals surface area contributed by atoms with Gasteiger partial charge in [0.15, 0.2) is 0 Å². The van der Waals surface area contributed by atoms with Gasteiger partial charge in [0.1, 0.15) is 0 Å². The van der Waals surface area contributed by atoms with E-state index in [-0.39, 0.29) is 13.2 Å². The molecule has 2 atom stereocenters. The summed E-state index contributed by atoms with van der Waals surface area (Å²) in [5.41, 5.74) is -0.499. The van der Waals surface area contributed by atoms with Crippen LogP contribution in [0.1, 0.15) is 39.5 Å². The fourth-order valence-electron chi connectivity index (χ4n) is 2.11. The fraction of sp³-hybridized carbons (Fsp3) is 0.846. The summed E-state index contributed by atoms with van der Waals surface area (Å²) < 4.78 is 5.13. The average molecular weight is 257 g/mol. The second-order valence-corrected chi connectivity index (χ2v) is 5.75. The minimum absolute atomic E-state index is 0.0884. The summed E-state index contributed by atoms with van der Waals surface area (Å²) in [4.78, 5) is 22.8. The van der Waals surface area contributed by atoms with Crippen LogP contribution >= 0.6 is 0 Å². The van der Waals surface area contributed by atoms with Crippen molar-refractivity contribution in [1.82, 2.24) is 0 Å². The molecule has 5 heteroatoms. The molecule has 1 aliphatic carbocycles. The quantitative estimate of drug-likeness (QED) is 0.706. The molecule has 5 nitrogen and oxygen atoms in total. The predicted octanol–water partition coefficient (Wildman–Crippen LogP) is 0.104. The van der Waals surface area contributed by atoms with Crippen LogP contribution in [0.3, 0.4) is 0 Å². The average Bonchev–Trinajstić information content (AvgIpc) is 2.36. The van der Waals surface area contributed by atoms with Gasteiger partial charge in [0.2, 0.25) is 0 Å². The van der Waals surface area contributed by atoms with Crippen LogP contribution in [0.25, 0.3) is 0 Å². The van der Waals surface area contributed by atoms with Crippen LogP contribution in [0.5, 0.6) is 0 Å². The van der Waals surface area contributed by atoms with Crippen molar-refractivity contribution >= 4 is 11.9 Å². The molecule has 0 heterocycles. The van der Waals surface area contributed by atoms with Crippen LogP contribution in [-0.2, 0) is 14.3 Å². The van der Waals surface area contributed by atoms with Crippen LogP contribution in [0.15, 0.2) is 0 Å². The highest BCUT2D eigenvalue weighted by molar-refractivity contribution is 5.80. The Balaban J connectivity index is 2.56. The Morgan fingerprint density at radius 1 is 1.28 bits per heavy atom. The molecule has 0 aliphatic heterocycles. The van der Waals surface area contributed by atoms with Gasteiger partial charge >= 0.3 is 5.97 Å². The molecule has 0 saturated heterocycles. The molecule has 1 aliphatic rings. The van der Waals surface area contributed by atoms with Crippen molar-refractivity contribution < 1.29 is 24.5 Å². The molecular weight excluding hydrogens is 236 g/mol. The van der Waals surface area contributed by atoms with Crippen molar-refractivity contribution in [2.24, 2.45) is 17.3 Å². The Hall–Kier alpha value is -1.10. The van der Waals surface area contributed by atoms with E-state index in [1.807, 2.05) is 0 Å². The number of carboxylic acid groups (broad SMARTS) is 1. The van der Waals surface area contributed by atoms with Crippen molar-refractivity contribution in [1.29, 1.82) is 0 Å². The SMILES string of the molecule is CC(C)(CO)COC(=O)C1CCCCC1C(=O)[O-]. The van der Waals surface area contributed by atoms with E-state index in [1.165, 1.54) is 0 Å². The first-order chi connectivity index (χ1) is 8.37. The molecule has 0 bridgehead atoms. The summed E-state index contributed by atoms with van der Waals surface area (Å²) in [5, 5.41) is 20.0. The highest BCUT2D eigenvalue weighted by Crippen LogP contribution is 2.31. The first kappa shape index (κ1) is 15.0. The van der Waals surface area contributed by atoms with Crippen LogP contribution in [0.2, 0.25) is 0 Å². The largest absolute Gasteiger partial charge is 0.550 e. The molecular formula is C13H21O5-. The monoisotopic (exact) mass is 257 g/mol. The van der Waals surface area contributed by atoms with Gasteiger partial charge in [-0.3, -0.25) is 4.79 Å². The molecule has 0 aromatic carbocycles. The molecule has 0 radical (unpaired) electrons. The smallest absolute Gasteiger partial charge is 0.309 e. The summed E-state index contributed by atoms with van der Waals surface area (Å²) in [5.74, 6) is -2.98. The number of rotatable bonds is 5. The zero-order chi connectivity index (χ0) is 13.8. The van der Waals surface area contributed by atoms with E-state index < -0.39 is 29.2 Å². The normalized spacial score (nSPS) is 24.6. The van der Waals surface area contributed by atoms with Gasteiger partial charge in [0.25, 0.3) is 0 Å². The third-order valence-electron chi connectivity index (χ3n) is 3.40. The van der Waals surface area contributed by atoms with Gasteiger partial charge < -0.3 is 19.7 Å². The summed E-state index contributed by atoms with van der Waals surface area (Å²) in [6, 6.07) is 0. The van der Waals surface area contributed by atoms with E-state index >= 15 is 0 Å². The Kier molecular flexibility index (Phi) is 5.14. The lowest BCUT2D eigenvalue weighted by atomic mass is 9.79. The minimum atomic E-state index is -1.17. The lowest BCUT2D eigenvalue weighted by molar-refractivity contribution is -0.314. The van der Waals surface area contributed by atoms with Gasteiger partial charge in [-0.25, -0.2) is 0 Å². The van der Waals surface area contributed by atoms with Crippen LogP contribution in [0, 0.1) is 17.3 Å². The van der Waals surface area contributed by atoms with Crippen molar-refractivity contribution in [2.75, 3.05) is 13.2 Å². The fourth-order valence-corrected chi connectivity index (χ4v) is 2.11. The number of carbonyl (C=O) groups is 2. The Bertz CT molecular complexity index is 311. The predicted molar refractivity (Wildman–Crippen MR) is 62.3 cm³/mol. The van der Waals surface area contributed by atoms with E-state index in [1.54, 1.807) is 13.8 Å². The lowest BCUT2D eigenvalue weighted by Gasteiger charge is -2.31. The maximum absolute atomic E-state index is 11.9. The molecule has 0 aromatic heterocycles. The van der Waals surface area contributed by atoms with Gasteiger partial charge in [-0.05, 0) is 12.8 Å². The summed E-state index contributed by atoms with van der Waals surface area (Å²) in [6.07, 6.45) is 2.67. The van der Waals surface area contributed by atoms with E-state index in [2.05, 4.69) is 0 Å². The van der Waals surface area contributed by atoms with Crippen LogP contribution < -0.4 is 5.11 Å². The number of carbonyl (C=O) groups excluding carboxylic acids is 2. The molecule has 0 aromatic rings. The third-order valence-corrected chi connectivity index (χ3v) is 3.40. The number of hydrogen-bond acceptors (Lipinski definition) is 5. The first-order valence-electron chi connectivity index (χ1n) is 6.36. The first-order valence-corrected chi connectivity index (χ1v) is 6.36. The highest BCUT2D eigenvalue weighted by Gasteiger charge is 2.33. The van der Waals surface area contributed by atoms with Crippen molar-refractivity contribution in [3.05, 3.63) is 0 Å². The molecule has 1 fully saturated rings. The highest BCUT2D eigenvalue weighted by atomic mass is 16.5. The number of ether oxygens (including phenoxy) is 1. The minimum Gasteiger partial charge on any atom is -0.550 e. The molecule has 2 unspecified atom stereocenters. The summed E-state index contributed by atoms with van der Waals surface area (Å²) in [6.45, 7) is 3.56. The van der Waals surface area contributed by atoms with Crippen molar-refractivity contribution in [3.8, 4) is 0 Å².